The Kier molecular flexibility index (Phi) is 9.51. The van der Waals surface area contributed by atoms with Crippen molar-refractivity contribution in [3.63, 3.8) is 0 Å². The van der Waals surface area contributed by atoms with Gasteiger partial charge in [-0.2, -0.15) is 0 Å². The van der Waals surface area contributed by atoms with Crippen LogP contribution in [0.2, 0.25) is 26.2 Å². The third-order valence-corrected chi connectivity index (χ3v) is 8.45. The lowest BCUT2D eigenvalue weighted by Crippen LogP contribution is -2.51. The smallest absolute Gasteiger partial charge is 0.332 e. The van der Waals surface area contributed by atoms with Gasteiger partial charge in [0.05, 0.1) is 0 Å². The van der Waals surface area contributed by atoms with Crippen molar-refractivity contribution in [3.8, 4) is 0 Å². The van der Waals surface area contributed by atoms with Gasteiger partial charge in [0.25, 0.3) is 0 Å². The molecule has 0 aliphatic rings. The van der Waals surface area contributed by atoms with Gasteiger partial charge in [0, 0.05) is 11.1 Å². The fourth-order valence-corrected chi connectivity index (χ4v) is 8.94. The molecule has 0 rings (SSSR count). The molecule has 0 bridgehead atoms. The highest BCUT2D eigenvalue weighted by molar-refractivity contribution is 6.84. The van der Waals surface area contributed by atoms with Crippen LogP contribution in [0, 0.1) is 0 Å². The van der Waals surface area contributed by atoms with Crippen molar-refractivity contribution >= 4 is 28.6 Å². The predicted molar refractivity (Wildman–Crippen MR) is 94.3 cm³/mol. The zero-order chi connectivity index (χ0) is 16.8. The SMILES string of the molecule is C.C=C(C)C(=O)OC[Si](C)(C)O[Si](C)(C)COC(=O)C(=C)C. The molecule has 0 saturated heterocycles. The van der Waals surface area contributed by atoms with Crippen LogP contribution in [0.15, 0.2) is 24.3 Å². The minimum atomic E-state index is -2.18. The van der Waals surface area contributed by atoms with Crippen LogP contribution < -0.4 is 0 Å². The van der Waals surface area contributed by atoms with E-state index in [4.69, 9.17) is 13.6 Å². The van der Waals surface area contributed by atoms with Crippen LogP contribution in [0.1, 0.15) is 21.3 Å². The van der Waals surface area contributed by atoms with E-state index in [1.54, 1.807) is 13.8 Å². The third-order valence-electron chi connectivity index (χ3n) is 2.35. The molecular weight excluding hydrogens is 316 g/mol. The molecule has 0 fully saturated rings. The number of ether oxygens (including phenoxy) is 2. The predicted octanol–water partition coefficient (Wildman–Crippen LogP) is 3.37. The normalized spacial score (nSPS) is 11.2. The third kappa shape index (κ3) is 9.70. The Balaban J connectivity index is 0. The van der Waals surface area contributed by atoms with Crippen LogP contribution in [0.4, 0.5) is 0 Å². The van der Waals surface area contributed by atoms with Crippen molar-refractivity contribution in [3.05, 3.63) is 24.3 Å². The molecule has 7 heteroatoms. The monoisotopic (exact) mass is 346 g/mol. The fraction of sp³-hybridized carbons (Fsp3) is 0.600. The largest absolute Gasteiger partial charge is 0.463 e. The summed E-state index contributed by atoms with van der Waals surface area (Å²) in [6.45, 7) is 18.2. The first kappa shape index (κ1) is 23.1. The van der Waals surface area contributed by atoms with E-state index >= 15 is 0 Å². The van der Waals surface area contributed by atoms with Crippen molar-refractivity contribution < 1.29 is 23.2 Å². The summed E-state index contributed by atoms with van der Waals surface area (Å²) in [5.41, 5.74) is 0.735. The van der Waals surface area contributed by atoms with Crippen LogP contribution in [0.3, 0.4) is 0 Å². The van der Waals surface area contributed by atoms with Gasteiger partial charge in [-0.15, -0.1) is 0 Å². The standard InChI is InChI=1S/C14H26O5Si2.CH4/c1-11(2)13(15)17-9-20(5,6)19-21(7,8)10-18-14(16)12(3)4;/h1,3,9-10H2,2,4-8H3;1H4. The molecule has 0 aliphatic carbocycles. The minimum Gasteiger partial charge on any atom is -0.463 e. The Labute approximate surface area is 136 Å². The molecule has 0 aliphatic heterocycles. The Morgan fingerprint density at radius 3 is 1.32 bits per heavy atom. The molecule has 0 heterocycles. The Bertz CT molecular complexity index is 401. The lowest BCUT2D eigenvalue weighted by atomic mass is 10.4. The highest BCUT2D eigenvalue weighted by atomic mass is 28.4. The van der Waals surface area contributed by atoms with Gasteiger partial charge in [-0.25, -0.2) is 9.59 Å². The van der Waals surface area contributed by atoms with Gasteiger partial charge in [-0.05, 0) is 40.0 Å². The first-order chi connectivity index (χ1) is 9.36. The Morgan fingerprint density at radius 1 is 0.818 bits per heavy atom. The summed E-state index contributed by atoms with van der Waals surface area (Å²) in [5.74, 6) is -0.820. The molecule has 0 atom stereocenters. The maximum atomic E-state index is 11.4. The van der Waals surface area contributed by atoms with Gasteiger partial charge in [0.15, 0.2) is 0 Å². The summed E-state index contributed by atoms with van der Waals surface area (Å²) in [7, 11) is -4.37. The minimum absolute atomic E-state index is 0. The van der Waals surface area contributed by atoms with Crippen molar-refractivity contribution in [2.24, 2.45) is 0 Å². The van der Waals surface area contributed by atoms with E-state index in [1.807, 2.05) is 26.2 Å². The van der Waals surface area contributed by atoms with Crippen molar-refractivity contribution in [2.75, 3.05) is 12.5 Å². The first-order valence-electron chi connectivity index (χ1n) is 6.72. The fourth-order valence-electron chi connectivity index (χ4n) is 1.53. The second-order valence-corrected chi connectivity index (χ2v) is 14.8. The van der Waals surface area contributed by atoms with Crippen LogP contribution in [-0.2, 0) is 23.2 Å². The number of carbonyl (C=O) groups excluding carboxylic acids is 2. The van der Waals surface area contributed by atoms with Gasteiger partial charge < -0.3 is 13.6 Å². The summed E-state index contributed by atoms with van der Waals surface area (Å²) in [6, 6.07) is 0. The van der Waals surface area contributed by atoms with E-state index < -0.39 is 28.6 Å². The molecule has 0 spiro atoms. The van der Waals surface area contributed by atoms with Crippen LogP contribution in [0.5, 0.6) is 0 Å². The number of hydrogen-bond donors (Lipinski definition) is 0. The number of carbonyl (C=O) groups is 2. The molecular formula is C15H30O5Si2. The van der Waals surface area contributed by atoms with Gasteiger partial charge >= 0.3 is 11.9 Å². The van der Waals surface area contributed by atoms with Crippen LogP contribution in [0.25, 0.3) is 0 Å². The molecule has 0 unspecified atom stereocenters. The maximum absolute atomic E-state index is 11.4. The van der Waals surface area contributed by atoms with E-state index in [-0.39, 0.29) is 19.9 Å². The number of hydrogen-bond acceptors (Lipinski definition) is 5. The van der Waals surface area contributed by atoms with E-state index in [0.717, 1.165) is 0 Å². The average Bonchev–Trinajstić information content (AvgIpc) is 2.31. The Morgan fingerprint density at radius 2 is 1.09 bits per heavy atom. The molecule has 22 heavy (non-hydrogen) atoms. The number of esters is 2. The molecule has 0 radical (unpaired) electrons. The summed E-state index contributed by atoms with van der Waals surface area (Å²) in [5, 5.41) is 0. The molecule has 0 aromatic rings. The quantitative estimate of drug-likeness (QED) is 0.383. The molecule has 0 amide bonds. The first-order valence-corrected chi connectivity index (χ1v) is 12.9. The van der Waals surface area contributed by atoms with Gasteiger partial charge in [0.2, 0.25) is 16.6 Å². The summed E-state index contributed by atoms with van der Waals surface area (Å²) < 4.78 is 16.5. The van der Waals surface area contributed by atoms with Gasteiger partial charge in [0.1, 0.15) is 12.5 Å². The summed E-state index contributed by atoms with van der Waals surface area (Å²) in [6.07, 6.45) is 0.507. The van der Waals surface area contributed by atoms with Crippen molar-refractivity contribution in [2.45, 2.75) is 47.5 Å². The van der Waals surface area contributed by atoms with E-state index in [1.165, 1.54) is 0 Å². The second kappa shape index (κ2) is 9.07. The summed E-state index contributed by atoms with van der Waals surface area (Å²) in [4.78, 5) is 22.8. The van der Waals surface area contributed by atoms with Crippen LogP contribution in [-0.4, -0.2) is 41.0 Å². The highest BCUT2D eigenvalue weighted by Crippen LogP contribution is 2.16. The molecule has 5 nitrogen and oxygen atoms in total. The summed E-state index contributed by atoms with van der Waals surface area (Å²) >= 11 is 0. The van der Waals surface area contributed by atoms with Crippen molar-refractivity contribution in [1.82, 2.24) is 0 Å². The lowest BCUT2D eigenvalue weighted by Gasteiger charge is -2.33. The topological polar surface area (TPSA) is 61.8 Å². The molecule has 0 N–H and O–H groups in total. The van der Waals surface area contributed by atoms with Crippen molar-refractivity contribution in [1.29, 1.82) is 0 Å². The van der Waals surface area contributed by atoms with E-state index in [9.17, 15) is 9.59 Å². The zero-order valence-corrected chi connectivity index (χ0v) is 15.9. The van der Waals surface area contributed by atoms with E-state index in [0.29, 0.717) is 11.1 Å². The highest BCUT2D eigenvalue weighted by Gasteiger charge is 2.35. The van der Waals surface area contributed by atoms with Gasteiger partial charge in [-0.3, -0.25) is 0 Å². The molecule has 0 saturated carbocycles. The molecule has 0 aromatic carbocycles. The van der Waals surface area contributed by atoms with Crippen LogP contribution >= 0.6 is 0 Å². The van der Waals surface area contributed by atoms with Gasteiger partial charge in [-0.1, -0.05) is 20.6 Å². The molecule has 0 aromatic heterocycles. The zero-order valence-electron chi connectivity index (χ0n) is 13.9. The molecule has 128 valence electrons. The maximum Gasteiger partial charge on any atom is 0.332 e. The van der Waals surface area contributed by atoms with E-state index in [2.05, 4.69) is 13.2 Å². The average molecular weight is 347 g/mol. The lowest BCUT2D eigenvalue weighted by molar-refractivity contribution is -0.137. The second-order valence-electron chi connectivity index (χ2n) is 6.33. The number of rotatable bonds is 8. The Hall–Kier alpha value is -1.19.